The summed E-state index contributed by atoms with van der Waals surface area (Å²) in [5, 5.41) is 4.12. The van der Waals surface area contributed by atoms with E-state index >= 15 is 0 Å². The van der Waals surface area contributed by atoms with Gasteiger partial charge in [-0.25, -0.2) is 4.39 Å². The van der Waals surface area contributed by atoms with Gasteiger partial charge in [-0.2, -0.15) is 0 Å². The van der Waals surface area contributed by atoms with Crippen LogP contribution in [0.25, 0.3) is 0 Å². The second kappa shape index (κ2) is 6.43. The van der Waals surface area contributed by atoms with Crippen molar-refractivity contribution < 1.29 is 4.39 Å². The first kappa shape index (κ1) is 15.1. The highest BCUT2D eigenvalue weighted by atomic mass is 35.5. The topological polar surface area (TPSA) is 12.0 Å². The molecule has 1 fully saturated rings. The molecule has 2 rings (SSSR count). The summed E-state index contributed by atoms with van der Waals surface area (Å²) in [7, 11) is 0. The molecule has 0 radical (unpaired) electrons. The Balaban J connectivity index is 2.05. The molecule has 0 bridgehead atoms. The third kappa shape index (κ3) is 3.84. The van der Waals surface area contributed by atoms with Gasteiger partial charge in [-0.05, 0) is 42.5 Å². The first-order chi connectivity index (χ1) is 9.04. The standard InChI is InChI=1S/C15H20Cl2FN/c1-11-3-2-6-15(8-11,10-16)19-9-12-7-13(18)4-5-14(12)17/h4-5,7,11,19H,2-3,6,8-10H2,1H3. The van der Waals surface area contributed by atoms with E-state index in [1.807, 2.05) is 0 Å². The minimum absolute atomic E-state index is 0.0329. The van der Waals surface area contributed by atoms with E-state index in [2.05, 4.69) is 12.2 Å². The van der Waals surface area contributed by atoms with Gasteiger partial charge in [0.1, 0.15) is 5.82 Å². The number of nitrogens with one attached hydrogen (secondary N) is 1. The predicted octanol–water partition coefficient (Wildman–Crippen LogP) is 4.76. The fraction of sp³-hybridized carbons (Fsp3) is 0.600. The zero-order valence-electron chi connectivity index (χ0n) is 11.2. The van der Waals surface area contributed by atoms with Crippen molar-refractivity contribution in [3.8, 4) is 0 Å². The lowest BCUT2D eigenvalue weighted by molar-refractivity contribution is 0.207. The number of hydrogen-bond donors (Lipinski definition) is 1. The van der Waals surface area contributed by atoms with E-state index in [0.717, 1.165) is 18.4 Å². The van der Waals surface area contributed by atoms with Gasteiger partial charge in [0, 0.05) is 23.0 Å². The Morgan fingerprint density at radius 2 is 2.26 bits per heavy atom. The molecule has 2 atom stereocenters. The summed E-state index contributed by atoms with van der Waals surface area (Å²) < 4.78 is 13.2. The van der Waals surface area contributed by atoms with Crippen molar-refractivity contribution in [1.82, 2.24) is 5.32 Å². The molecule has 1 saturated carbocycles. The van der Waals surface area contributed by atoms with Gasteiger partial charge in [-0.1, -0.05) is 31.4 Å². The lowest BCUT2D eigenvalue weighted by Crippen LogP contribution is -2.49. The van der Waals surface area contributed by atoms with Gasteiger partial charge in [0.2, 0.25) is 0 Å². The maximum atomic E-state index is 13.2. The molecule has 0 heterocycles. The number of rotatable bonds is 4. The average Bonchev–Trinajstić information content (AvgIpc) is 2.40. The van der Waals surface area contributed by atoms with Crippen LogP contribution >= 0.6 is 23.2 Å². The van der Waals surface area contributed by atoms with Gasteiger partial charge in [0.15, 0.2) is 0 Å². The summed E-state index contributed by atoms with van der Waals surface area (Å²) in [4.78, 5) is 0. The van der Waals surface area contributed by atoms with Crippen molar-refractivity contribution >= 4 is 23.2 Å². The maximum absolute atomic E-state index is 13.2. The molecule has 19 heavy (non-hydrogen) atoms. The Kier molecular flexibility index (Phi) is 5.10. The van der Waals surface area contributed by atoms with Crippen LogP contribution < -0.4 is 5.32 Å². The van der Waals surface area contributed by atoms with Crippen LogP contribution in [0.4, 0.5) is 4.39 Å². The van der Waals surface area contributed by atoms with Gasteiger partial charge >= 0.3 is 0 Å². The summed E-state index contributed by atoms with van der Waals surface area (Å²) in [6.07, 6.45) is 4.61. The van der Waals surface area contributed by atoms with Crippen LogP contribution in [0.5, 0.6) is 0 Å². The van der Waals surface area contributed by atoms with Crippen LogP contribution in [0, 0.1) is 11.7 Å². The molecule has 2 unspecified atom stereocenters. The molecule has 1 nitrogen and oxygen atoms in total. The average molecular weight is 304 g/mol. The van der Waals surface area contributed by atoms with Crippen LogP contribution in [0.1, 0.15) is 38.2 Å². The molecule has 1 aromatic rings. The molecule has 1 aliphatic rings. The highest BCUT2D eigenvalue weighted by Gasteiger charge is 2.33. The fourth-order valence-corrected chi connectivity index (χ4v) is 3.47. The molecule has 1 N–H and O–H groups in total. The maximum Gasteiger partial charge on any atom is 0.123 e. The van der Waals surface area contributed by atoms with Crippen LogP contribution in [-0.2, 0) is 6.54 Å². The second-order valence-corrected chi connectivity index (χ2v) is 6.38. The molecular formula is C15H20Cl2FN. The summed E-state index contributed by atoms with van der Waals surface area (Å²) in [6, 6.07) is 4.47. The minimum atomic E-state index is -0.252. The minimum Gasteiger partial charge on any atom is -0.306 e. The Bertz CT molecular complexity index is 438. The monoisotopic (exact) mass is 303 g/mol. The summed E-state index contributed by atoms with van der Waals surface area (Å²) >= 11 is 12.3. The summed E-state index contributed by atoms with van der Waals surface area (Å²) in [6.45, 7) is 2.83. The lowest BCUT2D eigenvalue weighted by Gasteiger charge is -2.39. The predicted molar refractivity (Wildman–Crippen MR) is 79.3 cm³/mol. The Morgan fingerprint density at radius 1 is 1.47 bits per heavy atom. The normalized spacial score (nSPS) is 27.5. The van der Waals surface area contributed by atoms with Gasteiger partial charge in [-0.15, -0.1) is 11.6 Å². The molecule has 1 aliphatic carbocycles. The van der Waals surface area contributed by atoms with Crippen LogP contribution in [0.2, 0.25) is 5.02 Å². The van der Waals surface area contributed by atoms with Gasteiger partial charge in [0.05, 0.1) is 0 Å². The Morgan fingerprint density at radius 3 is 2.95 bits per heavy atom. The smallest absolute Gasteiger partial charge is 0.123 e. The van der Waals surface area contributed by atoms with Gasteiger partial charge in [0.25, 0.3) is 0 Å². The van der Waals surface area contributed by atoms with Crippen LogP contribution in [0.3, 0.4) is 0 Å². The van der Waals surface area contributed by atoms with E-state index in [9.17, 15) is 4.39 Å². The SMILES string of the molecule is CC1CCCC(CCl)(NCc2cc(F)ccc2Cl)C1. The summed E-state index contributed by atoms with van der Waals surface area (Å²) in [5.74, 6) is 1.02. The fourth-order valence-electron chi connectivity index (χ4n) is 2.95. The molecule has 0 saturated heterocycles. The molecule has 0 aromatic heterocycles. The molecule has 1 aromatic carbocycles. The van der Waals surface area contributed by atoms with E-state index in [4.69, 9.17) is 23.2 Å². The van der Waals surface area contributed by atoms with Crippen molar-refractivity contribution in [2.45, 2.75) is 44.7 Å². The zero-order chi connectivity index (χ0) is 13.9. The number of hydrogen-bond acceptors (Lipinski definition) is 1. The van der Waals surface area contributed by atoms with E-state index in [1.54, 1.807) is 6.07 Å². The number of benzene rings is 1. The second-order valence-electron chi connectivity index (χ2n) is 5.70. The largest absolute Gasteiger partial charge is 0.306 e. The highest BCUT2D eigenvalue weighted by molar-refractivity contribution is 6.31. The van der Waals surface area contributed by atoms with Crippen molar-refractivity contribution in [2.75, 3.05) is 5.88 Å². The van der Waals surface area contributed by atoms with Gasteiger partial charge in [-0.3, -0.25) is 0 Å². The third-order valence-corrected chi connectivity index (χ3v) is 4.89. The molecule has 0 spiro atoms. The van der Waals surface area contributed by atoms with E-state index in [1.165, 1.54) is 25.0 Å². The zero-order valence-corrected chi connectivity index (χ0v) is 12.7. The van der Waals surface area contributed by atoms with Crippen molar-refractivity contribution in [3.05, 3.63) is 34.6 Å². The number of halogens is 3. The van der Waals surface area contributed by atoms with Crippen LogP contribution in [-0.4, -0.2) is 11.4 Å². The summed E-state index contributed by atoms with van der Waals surface area (Å²) in [5.41, 5.74) is 0.763. The Labute approximate surface area is 124 Å². The number of alkyl halides is 1. The van der Waals surface area contributed by atoms with Gasteiger partial charge < -0.3 is 5.32 Å². The van der Waals surface area contributed by atoms with E-state index < -0.39 is 0 Å². The van der Waals surface area contributed by atoms with Crippen molar-refractivity contribution in [2.24, 2.45) is 5.92 Å². The highest BCUT2D eigenvalue weighted by Crippen LogP contribution is 2.33. The Hall–Kier alpha value is -0.310. The molecular weight excluding hydrogens is 284 g/mol. The molecule has 0 amide bonds. The van der Waals surface area contributed by atoms with Crippen LogP contribution in [0.15, 0.2) is 18.2 Å². The van der Waals surface area contributed by atoms with Crippen molar-refractivity contribution in [3.63, 3.8) is 0 Å². The molecule has 4 heteroatoms. The quantitative estimate of drug-likeness (QED) is 0.791. The van der Waals surface area contributed by atoms with Crippen molar-refractivity contribution in [1.29, 1.82) is 0 Å². The van der Waals surface area contributed by atoms with E-state index in [0.29, 0.717) is 23.4 Å². The first-order valence-corrected chi connectivity index (χ1v) is 7.71. The van der Waals surface area contributed by atoms with E-state index in [-0.39, 0.29) is 11.4 Å². The first-order valence-electron chi connectivity index (χ1n) is 6.79. The lowest BCUT2D eigenvalue weighted by atomic mass is 9.77. The molecule has 0 aliphatic heterocycles. The third-order valence-electron chi connectivity index (χ3n) is 4.01. The molecule has 106 valence electrons.